The lowest BCUT2D eigenvalue weighted by molar-refractivity contribution is 0.0606. The van der Waals surface area contributed by atoms with E-state index < -0.39 is 0 Å². The third-order valence-electron chi connectivity index (χ3n) is 3.94. The third kappa shape index (κ3) is 2.85. The number of nitrogens with one attached hydrogen (secondary N) is 1. The molecule has 3 rings (SSSR count). The van der Waals surface area contributed by atoms with Crippen LogP contribution >= 0.6 is 0 Å². The topological polar surface area (TPSA) is 47.3 Å². The predicted octanol–water partition coefficient (Wildman–Crippen LogP) is 3.71. The van der Waals surface area contributed by atoms with Gasteiger partial charge in [0, 0.05) is 18.4 Å². The number of nitrogens with zero attached hydrogens (tertiary/aromatic N) is 1. The lowest BCUT2D eigenvalue weighted by Crippen LogP contribution is -2.37. The zero-order valence-electron chi connectivity index (χ0n) is 11.7. The fraction of sp³-hybridized carbons (Fsp3) is 0.438. The number of oxazole rings is 1. The molecule has 1 saturated carbocycles. The number of anilines is 1. The molecule has 4 heteroatoms. The summed E-state index contributed by atoms with van der Waals surface area (Å²) in [6.07, 6.45) is 8.31. The molecule has 1 aliphatic carbocycles. The van der Waals surface area contributed by atoms with E-state index in [0.717, 1.165) is 29.9 Å². The molecule has 4 nitrogen and oxygen atoms in total. The Bertz CT molecular complexity index is 539. The van der Waals surface area contributed by atoms with Crippen LogP contribution in [0.2, 0.25) is 0 Å². The SMILES string of the molecule is COC1CCCCC1Nc1cccc(-c2cnco2)c1. The Hall–Kier alpha value is -1.81. The van der Waals surface area contributed by atoms with Crippen LogP contribution in [0.15, 0.2) is 41.3 Å². The van der Waals surface area contributed by atoms with Gasteiger partial charge >= 0.3 is 0 Å². The normalized spacial score (nSPS) is 22.6. The van der Waals surface area contributed by atoms with Crippen LogP contribution in [0.4, 0.5) is 5.69 Å². The van der Waals surface area contributed by atoms with Crippen molar-refractivity contribution in [3.8, 4) is 11.3 Å². The Morgan fingerprint density at radius 3 is 3.00 bits per heavy atom. The van der Waals surface area contributed by atoms with Crippen molar-refractivity contribution >= 4 is 5.69 Å². The summed E-state index contributed by atoms with van der Waals surface area (Å²) in [5, 5.41) is 3.60. The van der Waals surface area contributed by atoms with Gasteiger partial charge in [-0.3, -0.25) is 0 Å². The molecule has 0 bridgehead atoms. The van der Waals surface area contributed by atoms with Gasteiger partial charge in [-0.15, -0.1) is 0 Å². The molecule has 1 aliphatic rings. The van der Waals surface area contributed by atoms with E-state index in [2.05, 4.69) is 22.4 Å². The maximum atomic E-state index is 5.59. The maximum Gasteiger partial charge on any atom is 0.181 e. The molecule has 2 unspecified atom stereocenters. The molecule has 20 heavy (non-hydrogen) atoms. The molecule has 0 spiro atoms. The molecule has 1 fully saturated rings. The second-order valence-corrected chi connectivity index (χ2v) is 5.26. The molecule has 0 aliphatic heterocycles. The maximum absolute atomic E-state index is 5.59. The zero-order valence-corrected chi connectivity index (χ0v) is 11.7. The van der Waals surface area contributed by atoms with Gasteiger partial charge < -0.3 is 14.5 Å². The van der Waals surface area contributed by atoms with Gasteiger partial charge in [-0.25, -0.2) is 4.98 Å². The number of methoxy groups -OCH3 is 1. The number of hydrogen-bond donors (Lipinski definition) is 1. The highest BCUT2D eigenvalue weighted by Crippen LogP contribution is 2.27. The van der Waals surface area contributed by atoms with Crippen LogP contribution in [0.3, 0.4) is 0 Å². The minimum Gasteiger partial charge on any atom is -0.444 e. The fourth-order valence-corrected chi connectivity index (χ4v) is 2.88. The Balaban J connectivity index is 1.75. The standard InChI is InChI=1S/C16H20N2O2/c1-19-15-8-3-2-7-14(15)18-13-6-4-5-12(9-13)16-10-17-11-20-16/h4-6,9-11,14-15,18H,2-3,7-8H2,1H3. The average Bonchev–Trinajstić information content (AvgIpc) is 3.02. The largest absolute Gasteiger partial charge is 0.444 e. The van der Waals surface area contributed by atoms with Crippen molar-refractivity contribution in [2.24, 2.45) is 0 Å². The second kappa shape index (κ2) is 6.09. The summed E-state index contributed by atoms with van der Waals surface area (Å²) in [5.41, 5.74) is 2.14. The monoisotopic (exact) mass is 272 g/mol. The van der Waals surface area contributed by atoms with Gasteiger partial charge in [0.2, 0.25) is 0 Å². The molecule has 0 saturated heterocycles. The highest BCUT2D eigenvalue weighted by Gasteiger charge is 2.24. The highest BCUT2D eigenvalue weighted by molar-refractivity contribution is 5.63. The molecule has 1 aromatic heterocycles. The van der Waals surface area contributed by atoms with Crippen LogP contribution in [0.1, 0.15) is 25.7 Å². The number of aromatic nitrogens is 1. The van der Waals surface area contributed by atoms with E-state index in [0.29, 0.717) is 12.1 Å². The fourth-order valence-electron chi connectivity index (χ4n) is 2.88. The number of ether oxygens (including phenoxy) is 1. The van der Waals surface area contributed by atoms with Crippen LogP contribution in [0.5, 0.6) is 0 Å². The average molecular weight is 272 g/mol. The molecular weight excluding hydrogens is 252 g/mol. The quantitative estimate of drug-likeness (QED) is 0.921. The first-order chi connectivity index (χ1) is 9.86. The smallest absolute Gasteiger partial charge is 0.181 e. The lowest BCUT2D eigenvalue weighted by atomic mass is 9.92. The summed E-state index contributed by atoms with van der Waals surface area (Å²) in [5.74, 6) is 0.792. The molecule has 106 valence electrons. The lowest BCUT2D eigenvalue weighted by Gasteiger charge is -2.31. The minimum absolute atomic E-state index is 0.303. The molecule has 0 radical (unpaired) electrons. The summed E-state index contributed by atoms with van der Waals surface area (Å²) < 4.78 is 10.9. The van der Waals surface area contributed by atoms with Crippen LogP contribution in [-0.2, 0) is 4.74 Å². The predicted molar refractivity (Wildman–Crippen MR) is 78.6 cm³/mol. The number of rotatable bonds is 4. The molecule has 2 atom stereocenters. The Morgan fingerprint density at radius 1 is 1.30 bits per heavy atom. The van der Waals surface area contributed by atoms with Gasteiger partial charge in [-0.2, -0.15) is 0 Å². The van der Waals surface area contributed by atoms with E-state index in [4.69, 9.17) is 9.15 Å². The van der Waals surface area contributed by atoms with E-state index in [1.807, 2.05) is 12.1 Å². The summed E-state index contributed by atoms with van der Waals surface area (Å²) in [6.45, 7) is 0. The van der Waals surface area contributed by atoms with Gasteiger partial charge in [-0.1, -0.05) is 25.0 Å². The van der Waals surface area contributed by atoms with Crippen LogP contribution < -0.4 is 5.32 Å². The van der Waals surface area contributed by atoms with E-state index in [-0.39, 0.29) is 0 Å². The molecular formula is C16H20N2O2. The van der Waals surface area contributed by atoms with Gasteiger partial charge in [-0.05, 0) is 25.0 Å². The molecule has 1 N–H and O–H groups in total. The number of hydrogen-bond acceptors (Lipinski definition) is 4. The van der Waals surface area contributed by atoms with Crippen molar-refractivity contribution in [1.82, 2.24) is 4.98 Å². The Kier molecular flexibility index (Phi) is 4.02. The molecule has 1 heterocycles. The summed E-state index contributed by atoms with van der Waals surface area (Å²) >= 11 is 0. The van der Waals surface area contributed by atoms with Gasteiger partial charge in [0.25, 0.3) is 0 Å². The van der Waals surface area contributed by atoms with Gasteiger partial charge in [0.05, 0.1) is 18.3 Å². The van der Waals surface area contributed by atoms with Crippen LogP contribution in [0, 0.1) is 0 Å². The van der Waals surface area contributed by atoms with E-state index in [1.165, 1.54) is 19.2 Å². The van der Waals surface area contributed by atoms with Crippen molar-refractivity contribution in [3.63, 3.8) is 0 Å². The summed E-state index contributed by atoms with van der Waals surface area (Å²) in [7, 11) is 1.80. The highest BCUT2D eigenvalue weighted by atomic mass is 16.5. The first kappa shape index (κ1) is 13.2. The van der Waals surface area contributed by atoms with Crippen molar-refractivity contribution in [2.45, 2.75) is 37.8 Å². The Morgan fingerprint density at radius 2 is 2.20 bits per heavy atom. The third-order valence-corrected chi connectivity index (χ3v) is 3.94. The first-order valence-electron chi connectivity index (χ1n) is 7.15. The first-order valence-corrected chi connectivity index (χ1v) is 7.15. The summed E-state index contributed by atoms with van der Waals surface area (Å²) in [4.78, 5) is 3.96. The van der Waals surface area contributed by atoms with Gasteiger partial charge in [0.1, 0.15) is 0 Å². The van der Waals surface area contributed by atoms with Crippen LogP contribution in [-0.4, -0.2) is 24.2 Å². The van der Waals surface area contributed by atoms with Crippen molar-refractivity contribution in [1.29, 1.82) is 0 Å². The molecule has 1 aromatic carbocycles. The van der Waals surface area contributed by atoms with Crippen molar-refractivity contribution in [2.75, 3.05) is 12.4 Å². The van der Waals surface area contributed by atoms with E-state index in [1.54, 1.807) is 13.3 Å². The second-order valence-electron chi connectivity index (χ2n) is 5.26. The van der Waals surface area contributed by atoms with Gasteiger partial charge in [0.15, 0.2) is 12.2 Å². The number of benzene rings is 1. The van der Waals surface area contributed by atoms with Crippen molar-refractivity contribution < 1.29 is 9.15 Å². The zero-order chi connectivity index (χ0) is 13.8. The molecule has 2 aromatic rings. The summed E-state index contributed by atoms with van der Waals surface area (Å²) in [6, 6.07) is 8.63. The van der Waals surface area contributed by atoms with Crippen molar-refractivity contribution in [3.05, 3.63) is 36.9 Å². The Labute approximate surface area is 119 Å². The van der Waals surface area contributed by atoms with E-state index in [9.17, 15) is 0 Å². The minimum atomic E-state index is 0.303. The van der Waals surface area contributed by atoms with E-state index >= 15 is 0 Å². The van der Waals surface area contributed by atoms with Crippen LogP contribution in [0.25, 0.3) is 11.3 Å². The molecule has 0 amide bonds.